The maximum absolute atomic E-state index is 9.47. The lowest BCUT2D eigenvalue weighted by Crippen LogP contribution is -2.32. The molecule has 10 aromatic carbocycles. The Hall–Kier alpha value is -9.58. The van der Waals surface area contributed by atoms with E-state index in [0.29, 0.717) is 56.0 Å². The topological polar surface area (TPSA) is 35.9 Å². The second-order valence-corrected chi connectivity index (χ2v) is 20.9. The SMILES string of the molecule is [2H]c1c([2H])c([2H])c(-c2cccc3c2-c2cccc(-c4c(C([2H])([2H])[2H])cccc4C([2H])([2H])[2H])c2-[n+]2[c-]n(-c4cccc(Oc5ccc6c7ccccc7n(-c7cc(C(C)(C)C)ccn7)c6c5)c4)c4cc(-c5c(C([2H])([2H])[2H])cccc5C([2H])([2H])[2H])cc(c42)-c2ccccc2-3)c([2H])c1[2H]. The quantitative estimate of drug-likeness (QED) is 0.118. The van der Waals surface area contributed by atoms with Crippen LogP contribution >= 0.6 is 0 Å². The first-order valence-corrected chi connectivity index (χ1v) is 25.9. The second-order valence-electron chi connectivity index (χ2n) is 20.9. The highest BCUT2D eigenvalue weighted by atomic mass is 16.5. The largest absolute Gasteiger partial charge is 0.458 e. The molecule has 0 N–H and O–H groups in total. The van der Waals surface area contributed by atoms with Crippen molar-refractivity contribution in [3.63, 3.8) is 0 Å². The van der Waals surface area contributed by atoms with Gasteiger partial charge in [0, 0.05) is 39.5 Å². The van der Waals surface area contributed by atoms with Crippen molar-refractivity contribution in [3.05, 3.63) is 259 Å². The number of rotatable bonds is 7. The predicted octanol–water partition coefficient (Wildman–Crippen LogP) is 18.8. The van der Waals surface area contributed by atoms with E-state index in [-0.39, 0.29) is 72.3 Å². The van der Waals surface area contributed by atoms with E-state index in [1.807, 2.05) is 54.7 Å². The number of nitrogens with zero attached hydrogens (tertiary/aromatic N) is 4. The lowest BCUT2D eigenvalue weighted by molar-refractivity contribution is -0.570. The van der Waals surface area contributed by atoms with E-state index in [1.54, 1.807) is 94.1 Å². The van der Waals surface area contributed by atoms with E-state index in [4.69, 9.17) is 30.3 Å². The zero-order chi connectivity index (χ0) is 68.0. The van der Waals surface area contributed by atoms with Crippen LogP contribution in [0.25, 0.3) is 117 Å². The van der Waals surface area contributed by atoms with E-state index in [1.165, 1.54) is 36.4 Å². The lowest BCUT2D eigenvalue weighted by atomic mass is 9.83. The highest BCUT2D eigenvalue weighted by Gasteiger charge is 2.30. The standard InChI is InChI=1S/C74H58N4O/c1-46-20-15-21-47(2)69(46)51-40-64-58-29-12-11-28-57(58)61-32-18-31-56(50-24-9-8-10-25-50)71(61)63-34-19-33-62(70-48(3)22-16-23-49(70)4)72(63)77-45-76(67(41-51)73(64)77)53-26-17-27-54(43-53)79-55-36-37-60-59-30-13-14-35-65(59)78(66(60)44-55)68-42-52(38-39-75-68)74(5,6)7/h8-44H,1-7H3/i1D3,2D3,3D3,4D3,8D,9D,10D,24D,25D. The Balaban J connectivity index is 1.12. The fourth-order valence-electron chi connectivity index (χ4n) is 11.5. The van der Waals surface area contributed by atoms with Crippen LogP contribution < -0.4 is 9.30 Å². The van der Waals surface area contributed by atoms with Crippen molar-refractivity contribution in [2.75, 3.05) is 0 Å². The predicted molar refractivity (Wildman–Crippen MR) is 326 cm³/mol. The molecule has 0 saturated heterocycles. The average Bonchev–Trinajstić information content (AvgIpc) is 1.72. The normalized spacial score (nSPS) is 15.8. The number of ether oxygens (including phenoxy) is 1. The van der Waals surface area contributed by atoms with E-state index in [2.05, 4.69) is 49.9 Å². The van der Waals surface area contributed by atoms with Crippen molar-refractivity contribution in [1.29, 1.82) is 0 Å². The number of hydrogen-bond acceptors (Lipinski definition) is 2. The molecule has 1 aliphatic rings. The molecule has 0 bridgehead atoms. The molecular weight excluding hydrogens is 961 g/mol. The zero-order valence-electron chi connectivity index (χ0n) is 60.2. The van der Waals surface area contributed by atoms with E-state index in [9.17, 15) is 2.74 Å². The summed E-state index contributed by atoms with van der Waals surface area (Å²) in [6, 6.07) is 51.5. The fraction of sp³-hybridized carbons (Fsp3) is 0.108. The van der Waals surface area contributed by atoms with Crippen LogP contribution in [0.3, 0.4) is 0 Å². The summed E-state index contributed by atoms with van der Waals surface area (Å²) in [7, 11) is 0. The number of fused-ring (bicyclic) bond motifs is 10. The molecular formula is C74H58N4O. The van der Waals surface area contributed by atoms with Gasteiger partial charge in [0.2, 0.25) is 0 Å². The molecule has 0 atom stereocenters. The van der Waals surface area contributed by atoms with Crippen LogP contribution in [0.15, 0.2) is 224 Å². The summed E-state index contributed by atoms with van der Waals surface area (Å²) < 4.78 is 166. The number of pyridine rings is 1. The van der Waals surface area contributed by atoms with Crippen LogP contribution in [0.4, 0.5) is 0 Å². The summed E-state index contributed by atoms with van der Waals surface area (Å²) in [5, 5.41) is 1.97. The molecule has 1 aliphatic heterocycles. The molecule has 0 radical (unpaired) electrons. The summed E-state index contributed by atoms with van der Waals surface area (Å²) in [5.41, 5.74) is 5.36. The third-order valence-corrected chi connectivity index (χ3v) is 15.1. The van der Waals surface area contributed by atoms with Gasteiger partial charge in [0.05, 0.1) is 40.3 Å². The number of imidazole rings is 1. The molecule has 14 rings (SSSR count). The maximum Gasteiger partial charge on any atom is 0.269 e. The Labute approximate surface area is 485 Å². The average molecular weight is 1040 g/mol. The monoisotopic (exact) mass is 1040 g/mol. The first kappa shape index (κ1) is 32.9. The van der Waals surface area contributed by atoms with Crippen molar-refractivity contribution in [3.8, 4) is 95.5 Å². The molecule has 13 aromatic rings. The van der Waals surface area contributed by atoms with Gasteiger partial charge in [0.15, 0.2) is 0 Å². The zero-order valence-corrected chi connectivity index (χ0v) is 43.2. The molecule has 0 unspecified atom stereocenters. The first-order chi connectivity index (χ1) is 45.4. The number of benzene rings is 10. The van der Waals surface area contributed by atoms with E-state index < -0.39 is 57.6 Å². The van der Waals surface area contributed by atoms with Crippen molar-refractivity contribution >= 4 is 32.8 Å². The Bertz CT molecular complexity index is 5300. The summed E-state index contributed by atoms with van der Waals surface area (Å²) in [4.78, 5) is 4.87. The van der Waals surface area contributed by atoms with E-state index >= 15 is 0 Å². The smallest absolute Gasteiger partial charge is 0.269 e. The van der Waals surface area contributed by atoms with E-state index in [0.717, 1.165) is 33.2 Å². The molecule has 4 heterocycles. The third-order valence-electron chi connectivity index (χ3n) is 15.1. The van der Waals surface area contributed by atoms with Crippen molar-refractivity contribution < 1.29 is 32.6 Å². The molecule has 5 nitrogen and oxygen atoms in total. The fourth-order valence-corrected chi connectivity index (χ4v) is 11.5. The van der Waals surface area contributed by atoms with Crippen LogP contribution in [-0.4, -0.2) is 14.1 Å². The maximum atomic E-state index is 9.47. The third kappa shape index (κ3) is 7.90. The van der Waals surface area contributed by atoms with Gasteiger partial charge in [0.1, 0.15) is 17.3 Å². The molecule has 380 valence electrons. The molecule has 79 heavy (non-hydrogen) atoms. The molecule has 5 heteroatoms. The highest BCUT2D eigenvalue weighted by Crippen LogP contribution is 2.50. The van der Waals surface area contributed by atoms with Gasteiger partial charge in [-0.3, -0.25) is 13.7 Å². The minimum absolute atomic E-state index is 0.0728. The highest BCUT2D eigenvalue weighted by molar-refractivity contribution is 6.10. The number of para-hydroxylation sites is 2. The van der Waals surface area contributed by atoms with Gasteiger partial charge < -0.3 is 4.74 Å². The Kier molecular flexibility index (Phi) is 7.73. The number of hydrogen-bond donors (Lipinski definition) is 0. The Morgan fingerprint density at radius 1 is 0.494 bits per heavy atom. The lowest BCUT2D eigenvalue weighted by Gasteiger charge is -2.22. The van der Waals surface area contributed by atoms with Gasteiger partial charge in [-0.2, -0.15) is 0 Å². The summed E-state index contributed by atoms with van der Waals surface area (Å²) >= 11 is 0. The van der Waals surface area contributed by atoms with Crippen LogP contribution in [0, 0.1) is 33.7 Å². The van der Waals surface area contributed by atoms with Crippen LogP contribution in [0.5, 0.6) is 11.5 Å². The minimum Gasteiger partial charge on any atom is -0.458 e. The molecule has 0 spiro atoms. The summed E-state index contributed by atoms with van der Waals surface area (Å²) in [5.74, 6) is 1.55. The van der Waals surface area contributed by atoms with Crippen LogP contribution in [-0.2, 0) is 5.41 Å². The van der Waals surface area contributed by atoms with Gasteiger partial charge in [0.25, 0.3) is 6.33 Å². The molecule has 3 aromatic heterocycles. The molecule has 0 fully saturated rings. The molecule has 0 aliphatic carbocycles. The van der Waals surface area contributed by atoms with Crippen LogP contribution in [0.1, 0.15) is 71.9 Å². The second kappa shape index (κ2) is 18.6. The Morgan fingerprint density at radius 2 is 1.11 bits per heavy atom. The van der Waals surface area contributed by atoms with Gasteiger partial charge >= 0.3 is 0 Å². The molecule has 0 amide bonds. The molecule has 0 saturated carbocycles. The van der Waals surface area contributed by atoms with Gasteiger partial charge in [-0.05, 0) is 182 Å². The van der Waals surface area contributed by atoms with Crippen molar-refractivity contribution in [2.45, 2.75) is 53.6 Å². The van der Waals surface area contributed by atoms with Crippen LogP contribution in [0.2, 0.25) is 0 Å². The number of aromatic nitrogens is 4. The van der Waals surface area contributed by atoms with Gasteiger partial charge in [-0.1, -0.05) is 178 Å². The first-order valence-electron chi connectivity index (χ1n) is 34.4. The Morgan fingerprint density at radius 3 is 1.86 bits per heavy atom. The number of aryl methyl sites for hydroxylation is 4. The summed E-state index contributed by atoms with van der Waals surface area (Å²) in [6.45, 7) is -5.08. The van der Waals surface area contributed by atoms with Gasteiger partial charge in [-0.15, -0.1) is 0 Å². The summed E-state index contributed by atoms with van der Waals surface area (Å²) in [6.07, 6.45) is 5.45. The minimum atomic E-state index is -2.92. The van der Waals surface area contributed by atoms with Crippen molar-refractivity contribution in [1.82, 2.24) is 14.1 Å². The van der Waals surface area contributed by atoms with Crippen molar-refractivity contribution in [2.24, 2.45) is 0 Å². The van der Waals surface area contributed by atoms with Gasteiger partial charge in [-0.25, -0.2) is 4.98 Å².